The van der Waals surface area contributed by atoms with E-state index in [-0.39, 0.29) is 6.61 Å². The van der Waals surface area contributed by atoms with Gasteiger partial charge in [-0.3, -0.25) is 4.79 Å². The van der Waals surface area contributed by atoms with Gasteiger partial charge in [0.2, 0.25) is 5.91 Å². The average Bonchev–Trinajstić information content (AvgIpc) is 3.38. The monoisotopic (exact) mass is 401 g/mol. The first kappa shape index (κ1) is 22.2. The molecule has 1 atom stereocenters. The van der Waals surface area contributed by atoms with Crippen molar-refractivity contribution >= 4 is 24.0 Å². The van der Waals surface area contributed by atoms with Crippen molar-refractivity contribution in [3.63, 3.8) is 0 Å². The van der Waals surface area contributed by atoms with Gasteiger partial charge >= 0.3 is 5.97 Å². The summed E-state index contributed by atoms with van der Waals surface area (Å²) in [5.41, 5.74) is -1.12. The van der Waals surface area contributed by atoms with Gasteiger partial charge in [-0.15, -0.1) is 0 Å². The number of esters is 1. The Morgan fingerprint density at radius 1 is 1.03 bits per heavy atom. The molecule has 0 saturated carbocycles. The Hall–Kier alpha value is -3.06. The van der Waals surface area contributed by atoms with E-state index in [4.69, 9.17) is 13.6 Å². The third kappa shape index (κ3) is 7.12. The third-order valence-corrected chi connectivity index (χ3v) is 4.15. The Balaban J connectivity index is 1.85. The molecule has 0 saturated heterocycles. The first-order chi connectivity index (χ1) is 13.9. The number of aliphatic hydroxyl groups excluding tert-OH is 1. The van der Waals surface area contributed by atoms with Gasteiger partial charge in [0.25, 0.3) is 0 Å². The molecule has 156 valence electrons. The number of carbonyl (C=O) groups excluding carboxylic acids is 2. The van der Waals surface area contributed by atoms with E-state index in [0.717, 1.165) is 24.4 Å². The SMILES string of the molecule is CCc1ccc(/C=C/C(=O)NC(C)(CO)COC(=O)/C=C/c2ccc(CC)o2)o1. The number of carbonyl (C=O) groups is 2. The van der Waals surface area contributed by atoms with Crippen molar-refractivity contribution in [2.45, 2.75) is 39.2 Å². The molecule has 0 aromatic carbocycles. The van der Waals surface area contributed by atoms with Crippen molar-refractivity contribution in [2.75, 3.05) is 13.2 Å². The Kier molecular flexibility index (Phi) is 8.03. The summed E-state index contributed by atoms with van der Waals surface area (Å²) in [4.78, 5) is 24.0. The van der Waals surface area contributed by atoms with Crippen LogP contribution < -0.4 is 5.32 Å². The summed E-state index contributed by atoms with van der Waals surface area (Å²) in [5.74, 6) is 1.71. The molecule has 7 heteroatoms. The van der Waals surface area contributed by atoms with Gasteiger partial charge in [-0.05, 0) is 43.3 Å². The number of aliphatic hydroxyl groups is 1. The van der Waals surface area contributed by atoms with Crippen LogP contribution in [0.25, 0.3) is 12.2 Å². The van der Waals surface area contributed by atoms with E-state index in [1.807, 2.05) is 26.0 Å². The van der Waals surface area contributed by atoms with Gasteiger partial charge in [-0.1, -0.05) is 13.8 Å². The van der Waals surface area contributed by atoms with Crippen molar-refractivity contribution in [1.82, 2.24) is 5.32 Å². The summed E-state index contributed by atoms with van der Waals surface area (Å²) in [5, 5.41) is 12.3. The van der Waals surface area contributed by atoms with E-state index in [1.165, 1.54) is 24.3 Å². The van der Waals surface area contributed by atoms with Crippen molar-refractivity contribution in [1.29, 1.82) is 0 Å². The summed E-state index contributed by atoms with van der Waals surface area (Å²) in [6.07, 6.45) is 7.11. The second-order valence-corrected chi connectivity index (χ2v) is 6.80. The predicted molar refractivity (Wildman–Crippen MR) is 109 cm³/mol. The highest BCUT2D eigenvalue weighted by Crippen LogP contribution is 2.12. The standard InChI is InChI=1S/C22H27NO6/c1-4-16-6-8-18(28-16)10-12-20(25)23-22(3,14-24)15-27-21(26)13-11-19-9-7-17(5-2)29-19/h6-13,24H,4-5,14-15H2,1-3H3,(H,23,25)/b12-10+,13-11+. The number of hydrogen-bond donors (Lipinski definition) is 2. The molecule has 0 spiro atoms. The summed E-state index contributed by atoms with van der Waals surface area (Å²) in [7, 11) is 0. The van der Waals surface area contributed by atoms with Crippen molar-refractivity contribution < 1.29 is 28.3 Å². The van der Waals surface area contributed by atoms with Crippen LogP contribution in [0, 0.1) is 0 Å². The number of ether oxygens (including phenoxy) is 1. The molecule has 7 nitrogen and oxygen atoms in total. The van der Waals surface area contributed by atoms with Gasteiger partial charge < -0.3 is 24.0 Å². The van der Waals surface area contributed by atoms with Crippen LogP contribution in [0.4, 0.5) is 0 Å². The number of amides is 1. The molecular weight excluding hydrogens is 374 g/mol. The van der Waals surface area contributed by atoms with E-state index in [2.05, 4.69) is 5.32 Å². The molecule has 1 unspecified atom stereocenters. The Morgan fingerprint density at radius 3 is 2.07 bits per heavy atom. The van der Waals surface area contributed by atoms with Crippen LogP contribution in [0.15, 0.2) is 45.3 Å². The van der Waals surface area contributed by atoms with Gasteiger partial charge in [0.1, 0.15) is 29.6 Å². The zero-order valence-electron chi connectivity index (χ0n) is 16.9. The fraction of sp³-hybridized carbons (Fsp3) is 0.364. The fourth-order valence-electron chi connectivity index (χ4n) is 2.40. The largest absolute Gasteiger partial charge is 0.462 e. The molecule has 0 aliphatic carbocycles. The quantitative estimate of drug-likeness (QED) is 0.468. The van der Waals surface area contributed by atoms with Gasteiger partial charge in [-0.2, -0.15) is 0 Å². The van der Waals surface area contributed by atoms with E-state index >= 15 is 0 Å². The smallest absolute Gasteiger partial charge is 0.330 e. The normalized spacial score (nSPS) is 13.7. The van der Waals surface area contributed by atoms with E-state index in [0.29, 0.717) is 11.5 Å². The molecule has 0 fully saturated rings. The molecule has 0 bridgehead atoms. The van der Waals surface area contributed by atoms with Gasteiger partial charge in [-0.25, -0.2) is 4.79 Å². The van der Waals surface area contributed by atoms with Crippen molar-refractivity contribution in [3.05, 3.63) is 59.5 Å². The lowest BCUT2D eigenvalue weighted by molar-refractivity contribution is -0.141. The van der Waals surface area contributed by atoms with E-state index in [9.17, 15) is 14.7 Å². The predicted octanol–water partition coefficient (Wildman–Crippen LogP) is 3.13. The van der Waals surface area contributed by atoms with Crippen molar-refractivity contribution in [3.8, 4) is 0 Å². The van der Waals surface area contributed by atoms with E-state index in [1.54, 1.807) is 19.1 Å². The molecule has 2 heterocycles. The molecule has 0 aliphatic heterocycles. The van der Waals surface area contributed by atoms with Crippen LogP contribution in [0.5, 0.6) is 0 Å². The minimum absolute atomic E-state index is 0.189. The molecule has 1 amide bonds. The molecule has 29 heavy (non-hydrogen) atoms. The lowest BCUT2D eigenvalue weighted by atomic mass is 10.1. The van der Waals surface area contributed by atoms with Gasteiger partial charge in [0.15, 0.2) is 0 Å². The molecule has 0 aliphatic rings. The maximum absolute atomic E-state index is 12.1. The molecule has 2 aromatic rings. The van der Waals surface area contributed by atoms with Crippen LogP contribution >= 0.6 is 0 Å². The minimum atomic E-state index is -1.12. The number of nitrogens with one attached hydrogen (secondary N) is 1. The van der Waals surface area contributed by atoms with Crippen LogP contribution in [0.3, 0.4) is 0 Å². The topological polar surface area (TPSA) is 102 Å². The number of furan rings is 2. The zero-order chi connectivity index (χ0) is 21.3. The van der Waals surface area contributed by atoms with Crippen LogP contribution in [-0.2, 0) is 27.2 Å². The fourth-order valence-corrected chi connectivity index (χ4v) is 2.40. The molecular formula is C22H27NO6. The Bertz CT molecular complexity index is 876. The molecule has 2 rings (SSSR count). The lowest BCUT2D eigenvalue weighted by Gasteiger charge is -2.27. The Labute approximate surface area is 170 Å². The van der Waals surface area contributed by atoms with Gasteiger partial charge in [0, 0.05) is 25.0 Å². The average molecular weight is 401 g/mol. The lowest BCUT2D eigenvalue weighted by Crippen LogP contribution is -2.52. The number of hydrogen-bond acceptors (Lipinski definition) is 6. The summed E-state index contributed by atoms with van der Waals surface area (Å²) < 4.78 is 16.1. The highest BCUT2D eigenvalue weighted by molar-refractivity contribution is 5.92. The molecule has 2 aromatic heterocycles. The molecule has 0 radical (unpaired) electrons. The third-order valence-electron chi connectivity index (χ3n) is 4.15. The zero-order valence-corrected chi connectivity index (χ0v) is 16.9. The number of rotatable bonds is 10. The maximum Gasteiger partial charge on any atom is 0.330 e. The summed E-state index contributed by atoms with van der Waals surface area (Å²) in [6, 6.07) is 7.21. The first-order valence-electron chi connectivity index (χ1n) is 9.50. The highest BCUT2D eigenvalue weighted by atomic mass is 16.5. The van der Waals surface area contributed by atoms with E-state index < -0.39 is 24.0 Å². The number of aryl methyl sites for hydroxylation is 2. The maximum atomic E-state index is 12.1. The Morgan fingerprint density at radius 2 is 1.59 bits per heavy atom. The van der Waals surface area contributed by atoms with Crippen LogP contribution in [0.1, 0.15) is 43.8 Å². The van der Waals surface area contributed by atoms with Gasteiger partial charge in [0.05, 0.1) is 12.1 Å². The first-order valence-corrected chi connectivity index (χ1v) is 9.50. The second kappa shape index (κ2) is 10.5. The van der Waals surface area contributed by atoms with Crippen molar-refractivity contribution in [2.24, 2.45) is 0 Å². The van der Waals surface area contributed by atoms with Crippen LogP contribution in [0.2, 0.25) is 0 Å². The molecule has 2 N–H and O–H groups in total. The second-order valence-electron chi connectivity index (χ2n) is 6.80. The summed E-state index contributed by atoms with van der Waals surface area (Å²) in [6.45, 7) is 4.93. The minimum Gasteiger partial charge on any atom is -0.462 e. The highest BCUT2D eigenvalue weighted by Gasteiger charge is 2.26. The summed E-state index contributed by atoms with van der Waals surface area (Å²) >= 11 is 0. The van der Waals surface area contributed by atoms with Crippen LogP contribution in [-0.4, -0.2) is 35.7 Å².